The molecule has 0 aromatic carbocycles. The number of unbranched alkanes of at least 4 members (excludes halogenated alkanes) is 1. The summed E-state index contributed by atoms with van der Waals surface area (Å²) in [5.74, 6) is 0. The van der Waals surface area contributed by atoms with Gasteiger partial charge in [0.25, 0.3) is 0 Å². The minimum absolute atomic E-state index is 0.844. The highest BCUT2D eigenvalue weighted by molar-refractivity contribution is 5.48. The lowest BCUT2D eigenvalue weighted by Gasteiger charge is -2.08. The molecule has 0 amide bonds. The van der Waals surface area contributed by atoms with Crippen LogP contribution in [0.1, 0.15) is 18.4 Å². The summed E-state index contributed by atoms with van der Waals surface area (Å²) in [5, 5.41) is 3.38. The molecule has 0 radical (unpaired) electrons. The predicted octanol–water partition coefficient (Wildman–Crippen LogP) is 2.23. The Balaban J connectivity index is 2.21. The quantitative estimate of drug-likeness (QED) is 0.705. The summed E-state index contributed by atoms with van der Waals surface area (Å²) in [6.07, 6.45) is 5.92. The van der Waals surface area contributed by atoms with Gasteiger partial charge in [-0.2, -0.15) is 0 Å². The number of ether oxygens (including phenoxy) is 1. The van der Waals surface area contributed by atoms with E-state index in [0.717, 1.165) is 26.0 Å². The predicted molar refractivity (Wildman–Crippen MR) is 58.6 cm³/mol. The fourth-order valence-electron chi connectivity index (χ4n) is 1.27. The van der Waals surface area contributed by atoms with Crippen LogP contribution in [0.5, 0.6) is 0 Å². The molecule has 0 saturated carbocycles. The summed E-state index contributed by atoms with van der Waals surface area (Å²) in [6, 6.07) is 2.01. The van der Waals surface area contributed by atoms with Crippen LogP contribution in [0.4, 0.5) is 5.69 Å². The molecule has 0 aliphatic heterocycles. The highest BCUT2D eigenvalue weighted by Gasteiger charge is 1.95. The van der Waals surface area contributed by atoms with E-state index in [2.05, 4.69) is 17.2 Å². The van der Waals surface area contributed by atoms with Crippen LogP contribution in [0.2, 0.25) is 0 Å². The van der Waals surface area contributed by atoms with E-state index in [1.807, 2.05) is 18.5 Å². The van der Waals surface area contributed by atoms with Gasteiger partial charge in [0.2, 0.25) is 0 Å². The molecule has 1 aromatic rings. The van der Waals surface area contributed by atoms with Gasteiger partial charge in [0.15, 0.2) is 0 Å². The fourth-order valence-corrected chi connectivity index (χ4v) is 1.27. The average Bonchev–Trinajstić information content (AvgIpc) is 2.20. The second kappa shape index (κ2) is 6.38. The Kier molecular flexibility index (Phi) is 5.00. The molecule has 1 heterocycles. The summed E-state index contributed by atoms with van der Waals surface area (Å²) < 4.78 is 4.98. The number of pyridine rings is 1. The number of hydrogen-bond donors (Lipinski definition) is 1. The molecule has 0 spiro atoms. The number of hydrogen-bond acceptors (Lipinski definition) is 3. The van der Waals surface area contributed by atoms with Crippen molar-refractivity contribution in [3.05, 3.63) is 24.0 Å². The zero-order valence-electron chi connectivity index (χ0n) is 8.92. The van der Waals surface area contributed by atoms with E-state index in [0.29, 0.717) is 0 Å². The highest BCUT2D eigenvalue weighted by Crippen LogP contribution is 2.11. The number of methoxy groups -OCH3 is 1. The molecular formula is C11H18N2O. The van der Waals surface area contributed by atoms with Crippen LogP contribution in [0.15, 0.2) is 18.5 Å². The van der Waals surface area contributed by atoms with Gasteiger partial charge in [-0.25, -0.2) is 0 Å². The third-order valence-corrected chi connectivity index (χ3v) is 2.11. The number of anilines is 1. The maximum atomic E-state index is 4.98. The molecule has 0 aliphatic carbocycles. The SMILES string of the molecule is COCCCCNc1ccncc1C. The molecular weight excluding hydrogens is 176 g/mol. The Bertz CT molecular complexity index is 263. The molecule has 0 unspecified atom stereocenters. The average molecular weight is 194 g/mol. The molecule has 1 N–H and O–H groups in total. The van der Waals surface area contributed by atoms with Crippen molar-refractivity contribution >= 4 is 5.69 Å². The molecule has 3 nitrogen and oxygen atoms in total. The lowest BCUT2D eigenvalue weighted by atomic mass is 10.2. The second-order valence-electron chi connectivity index (χ2n) is 3.32. The van der Waals surface area contributed by atoms with E-state index >= 15 is 0 Å². The van der Waals surface area contributed by atoms with Gasteiger partial charge in [-0.05, 0) is 31.4 Å². The Hall–Kier alpha value is -1.09. The first kappa shape index (κ1) is 11.0. The maximum absolute atomic E-state index is 4.98. The van der Waals surface area contributed by atoms with Crippen LogP contribution in [0, 0.1) is 6.92 Å². The Morgan fingerprint density at radius 3 is 3.00 bits per heavy atom. The summed E-state index contributed by atoms with van der Waals surface area (Å²) in [4.78, 5) is 4.04. The second-order valence-corrected chi connectivity index (χ2v) is 3.32. The van der Waals surface area contributed by atoms with Crippen LogP contribution in [-0.4, -0.2) is 25.2 Å². The zero-order chi connectivity index (χ0) is 10.2. The summed E-state index contributed by atoms with van der Waals surface area (Å²) in [6.45, 7) is 3.90. The topological polar surface area (TPSA) is 34.1 Å². The smallest absolute Gasteiger partial charge is 0.0462 e. The molecule has 78 valence electrons. The van der Waals surface area contributed by atoms with E-state index in [4.69, 9.17) is 4.74 Å². The van der Waals surface area contributed by atoms with Gasteiger partial charge < -0.3 is 10.1 Å². The van der Waals surface area contributed by atoms with Gasteiger partial charge in [0.05, 0.1) is 0 Å². The van der Waals surface area contributed by atoms with Gasteiger partial charge >= 0.3 is 0 Å². The minimum Gasteiger partial charge on any atom is -0.385 e. The van der Waals surface area contributed by atoms with Crippen LogP contribution in [0.3, 0.4) is 0 Å². The first-order valence-electron chi connectivity index (χ1n) is 4.98. The third kappa shape index (κ3) is 3.75. The van der Waals surface area contributed by atoms with Crippen LogP contribution < -0.4 is 5.32 Å². The van der Waals surface area contributed by atoms with Crippen molar-refractivity contribution in [3.63, 3.8) is 0 Å². The van der Waals surface area contributed by atoms with E-state index in [9.17, 15) is 0 Å². The van der Waals surface area contributed by atoms with Gasteiger partial charge in [0, 0.05) is 38.3 Å². The van der Waals surface area contributed by atoms with Crippen molar-refractivity contribution in [1.82, 2.24) is 4.98 Å². The van der Waals surface area contributed by atoms with Crippen molar-refractivity contribution in [1.29, 1.82) is 0 Å². The fraction of sp³-hybridized carbons (Fsp3) is 0.545. The van der Waals surface area contributed by atoms with Crippen LogP contribution in [0.25, 0.3) is 0 Å². The van der Waals surface area contributed by atoms with E-state index in [1.165, 1.54) is 11.3 Å². The van der Waals surface area contributed by atoms with Crippen molar-refractivity contribution in [3.8, 4) is 0 Å². The highest BCUT2D eigenvalue weighted by atomic mass is 16.5. The number of rotatable bonds is 6. The van der Waals surface area contributed by atoms with Crippen molar-refractivity contribution in [2.24, 2.45) is 0 Å². The molecule has 1 aromatic heterocycles. The number of nitrogens with zero attached hydrogens (tertiary/aromatic N) is 1. The zero-order valence-corrected chi connectivity index (χ0v) is 8.92. The monoisotopic (exact) mass is 194 g/mol. The lowest BCUT2D eigenvalue weighted by molar-refractivity contribution is 0.194. The van der Waals surface area contributed by atoms with Crippen LogP contribution in [-0.2, 0) is 4.74 Å². The van der Waals surface area contributed by atoms with Gasteiger partial charge in [0.1, 0.15) is 0 Å². The first-order chi connectivity index (χ1) is 6.84. The Morgan fingerprint density at radius 1 is 1.43 bits per heavy atom. The molecule has 0 aliphatic rings. The van der Waals surface area contributed by atoms with E-state index in [1.54, 1.807) is 7.11 Å². The largest absolute Gasteiger partial charge is 0.385 e. The van der Waals surface area contributed by atoms with Gasteiger partial charge in [-0.15, -0.1) is 0 Å². The summed E-state index contributed by atoms with van der Waals surface area (Å²) in [5.41, 5.74) is 2.37. The number of aromatic nitrogens is 1. The van der Waals surface area contributed by atoms with Crippen molar-refractivity contribution in [2.45, 2.75) is 19.8 Å². The Morgan fingerprint density at radius 2 is 2.29 bits per heavy atom. The third-order valence-electron chi connectivity index (χ3n) is 2.11. The minimum atomic E-state index is 0.844. The lowest BCUT2D eigenvalue weighted by Crippen LogP contribution is -2.04. The molecule has 0 bridgehead atoms. The number of aryl methyl sites for hydroxylation is 1. The molecule has 0 fully saturated rings. The molecule has 14 heavy (non-hydrogen) atoms. The standard InChI is InChI=1S/C11H18N2O/c1-10-9-12-7-5-11(10)13-6-3-4-8-14-2/h5,7,9H,3-4,6,8H2,1-2H3,(H,12,13). The summed E-state index contributed by atoms with van der Waals surface area (Å²) in [7, 11) is 1.74. The van der Waals surface area contributed by atoms with Gasteiger partial charge in [-0.1, -0.05) is 0 Å². The normalized spacial score (nSPS) is 10.1. The summed E-state index contributed by atoms with van der Waals surface area (Å²) >= 11 is 0. The van der Waals surface area contributed by atoms with Crippen LogP contribution >= 0.6 is 0 Å². The van der Waals surface area contributed by atoms with E-state index in [-0.39, 0.29) is 0 Å². The molecule has 0 atom stereocenters. The van der Waals surface area contributed by atoms with Crippen molar-refractivity contribution < 1.29 is 4.74 Å². The molecule has 3 heteroatoms. The first-order valence-corrected chi connectivity index (χ1v) is 4.98. The molecule has 0 saturated heterocycles. The molecule has 1 rings (SSSR count). The van der Waals surface area contributed by atoms with E-state index < -0.39 is 0 Å². The number of nitrogens with one attached hydrogen (secondary N) is 1. The maximum Gasteiger partial charge on any atom is 0.0462 e. The Labute approximate surface area is 85.5 Å². The van der Waals surface area contributed by atoms with Gasteiger partial charge in [-0.3, -0.25) is 4.98 Å². The van der Waals surface area contributed by atoms with Crippen molar-refractivity contribution in [2.75, 3.05) is 25.6 Å².